The molecular formula is C25H21N3O2S. The van der Waals surface area contributed by atoms with E-state index in [0.29, 0.717) is 18.2 Å². The number of rotatable bonds is 4. The molecule has 2 aromatic carbocycles. The minimum absolute atomic E-state index is 0.0187. The molecule has 0 aliphatic carbocycles. The number of anilines is 1. The Balaban J connectivity index is 1.77. The predicted molar refractivity (Wildman–Crippen MR) is 128 cm³/mol. The molecule has 0 saturated carbocycles. The van der Waals surface area contributed by atoms with E-state index in [-0.39, 0.29) is 10.7 Å². The summed E-state index contributed by atoms with van der Waals surface area (Å²) in [6.45, 7) is 4.59. The van der Waals surface area contributed by atoms with Crippen LogP contribution in [0.2, 0.25) is 0 Å². The smallest absolute Gasteiger partial charge is 0.270 e. The number of hydrogen-bond donors (Lipinski definition) is 1. The van der Waals surface area contributed by atoms with Crippen molar-refractivity contribution in [2.45, 2.75) is 26.3 Å². The molecule has 2 heterocycles. The molecule has 1 aromatic heterocycles. The van der Waals surface area contributed by atoms with Crippen molar-refractivity contribution in [1.82, 2.24) is 9.88 Å². The van der Waals surface area contributed by atoms with E-state index in [2.05, 4.69) is 25.1 Å². The molecule has 0 radical (unpaired) electrons. The average Bonchev–Trinajstić information content (AvgIpc) is 3.09. The van der Waals surface area contributed by atoms with E-state index in [0.717, 1.165) is 22.0 Å². The van der Waals surface area contributed by atoms with Gasteiger partial charge < -0.3 is 4.57 Å². The van der Waals surface area contributed by atoms with Gasteiger partial charge in [-0.2, -0.15) is 0 Å². The number of amides is 2. The lowest BCUT2D eigenvalue weighted by Crippen LogP contribution is -2.54. The van der Waals surface area contributed by atoms with Crippen molar-refractivity contribution in [3.8, 4) is 12.3 Å². The second-order valence-corrected chi connectivity index (χ2v) is 8.02. The van der Waals surface area contributed by atoms with Gasteiger partial charge in [-0.1, -0.05) is 50.1 Å². The summed E-state index contributed by atoms with van der Waals surface area (Å²) in [5.74, 6) is 2.02. The summed E-state index contributed by atoms with van der Waals surface area (Å²) in [4.78, 5) is 27.3. The number of nitrogens with zero attached hydrogens (tertiary/aromatic N) is 2. The molecule has 1 aliphatic heterocycles. The summed E-state index contributed by atoms with van der Waals surface area (Å²) in [5.41, 5.74) is 3.46. The lowest BCUT2D eigenvalue weighted by molar-refractivity contribution is -0.122. The Kier molecular flexibility index (Phi) is 5.45. The SMILES string of the molecule is C#CCn1cc(/C=C2\C(=O)NC(=S)N(c3ccc(C(C)C)cc3)C2=O)c2ccccc21. The van der Waals surface area contributed by atoms with Crippen molar-refractivity contribution in [2.75, 3.05) is 4.90 Å². The normalized spacial score (nSPS) is 15.6. The first-order chi connectivity index (χ1) is 14.9. The molecule has 154 valence electrons. The summed E-state index contributed by atoms with van der Waals surface area (Å²) < 4.78 is 1.92. The number of benzene rings is 2. The number of carbonyl (C=O) groups is 2. The van der Waals surface area contributed by atoms with Crippen LogP contribution in [0.25, 0.3) is 17.0 Å². The number of nitrogens with one attached hydrogen (secondary N) is 1. The summed E-state index contributed by atoms with van der Waals surface area (Å²) in [5, 5.41) is 3.61. The van der Waals surface area contributed by atoms with E-state index in [9.17, 15) is 9.59 Å². The Hall–Kier alpha value is -3.69. The van der Waals surface area contributed by atoms with Gasteiger partial charge >= 0.3 is 0 Å². The van der Waals surface area contributed by atoms with Gasteiger partial charge in [-0.25, -0.2) is 0 Å². The van der Waals surface area contributed by atoms with Crippen LogP contribution < -0.4 is 10.2 Å². The van der Waals surface area contributed by atoms with Crippen molar-refractivity contribution in [1.29, 1.82) is 0 Å². The highest BCUT2D eigenvalue weighted by Crippen LogP contribution is 2.27. The van der Waals surface area contributed by atoms with Crippen molar-refractivity contribution in [3.63, 3.8) is 0 Å². The standard InChI is InChI=1S/C25H21N3O2S/c1-4-13-27-15-18(20-7-5-6-8-22(20)27)14-21-23(29)26-25(31)28(24(21)30)19-11-9-17(10-12-19)16(2)3/h1,5-12,14-16H,13H2,2-3H3,(H,26,29,31)/b21-14+. The number of aromatic nitrogens is 1. The molecule has 1 fully saturated rings. The van der Waals surface area contributed by atoms with E-state index in [1.807, 2.05) is 59.3 Å². The Morgan fingerprint density at radius 3 is 2.52 bits per heavy atom. The Labute approximate surface area is 186 Å². The third kappa shape index (κ3) is 3.76. The molecule has 6 heteroatoms. The molecular weight excluding hydrogens is 406 g/mol. The number of thiocarbonyl (C=S) groups is 1. The van der Waals surface area contributed by atoms with Crippen LogP contribution in [0.15, 0.2) is 60.3 Å². The molecule has 2 amide bonds. The maximum absolute atomic E-state index is 13.3. The van der Waals surface area contributed by atoms with E-state index >= 15 is 0 Å². The highest BCUT2D eigenvalue weighted by molar-refractivity contribution is 7.80. The third-order valence-electron chi connectivity index (χ3n) is 5.30. The number of terminal acetylenes is 1. The largest absolute Gasteiger partial charge is 0.335 e. The number of para-hydroxylation sites is 1. The van der Waals surface area contributed by atoms with Gasteiger partial charge in [-0.3, -0.25) is 19.8 Å². The second-order valence-electron chi connectivity index (χ2n) is 7.64. The van der Waals surface area contributed by atoms with E-state index in [4.69, 9.17) is 18.6 Å². The van der Waals surface area contributed by atoms with Gasteiger partial charge in [-0.15, -0.1) is 6.42 Å². The minimum Gasteiger partial charge on any atom is -0.335 e. The molecule has 1 aliphatic rings. The van der Waals surface area contributed by atoms with Gasteiger partial charge in [0.05, 0.1) is 12.2 Å². The van der Waals surface area contributed by atoms with Gasteiger partial charge in [0.1, 0.15) is 5.57 Å². The molecule has 0 atom stereocenters. The van der Waals surface area contributed by atoms with E-state index < -0.39 is 11.8 Å². The topological polar surface area (TPSA) is 54.3 Å². The van der Waals surface area contributed by atoms with Crippen LogP contribution in [0.4, 0.5) is 5.69 Å². The van der Waals surface area contributed by atoms with Crippen molar-refractivity contribution >= 4 is 51.8 Å². The number of fused-ring (bicyclic) bond motifs is 1. The van der Waals surface area contributed by atoms with Crippen LogP contribution in [0, 0.1) is 12.3 Å². The monoisotopic (exact) mass is 427 g/mol. The molecule has 1 saturated heterocycles. The summed E-state index contributed by atoms with van der Waals surface area (Å²) in [6, 6.07) is 15.3. The van der Waals surface area contributed by atoms with Gasteiger partial charge in [0.2, 0.25) is 0 Å². The van der Waals surface area contributed by atoms with Crippen molar-refractivity contribution in [2.24, 2.45) is 0 Å². The first-order valence-electron chi connectivity index (χ1n) is 9.93. The van der Waals surface area contributed by atoms with Crippen LogP contribution in [-0.4, -0.2) is 21.5 Å². The fourth-order valence-electron chi connectivity index (χ4n) is 3.68. The zero-order valence-corrected chi connectivity index (χ0v) is 18.1. The lowest BCUT2D eigenvalue weighted by atomic mass is 10.0. The van der Waals surface area contributed by atoms with Crippen molar-refractivity contribution in [3.05, 3.63) is 71.4 Å². The second kappa shape index (κ2) is 8.21. The maximum Gasteiger partial charge on any atom is 0.270 e. The lowest BCUT2D eigenvalue weighted by Gasteiger charge is -2.29. The molecule has 0 spiro atoms. The Morgan fingerprint density at radius 2 is 1.84 bits per heavy atom. The zero-order valence-electron chi connectivity index (χ0n) is 17.3. The van der Waals surface area contributed by atoms with Crippen molar-refractivity contribution < 1.29 is 9.59 Å². The van der Waals surface area contributed by atoms with Gasteiger partial charge in [-0.05, 0) is 48.0 Å². The van der Waals surface area contributed by atoms with E-state index in [1.165, 1.54) is 4.90 Å². The molecule has 5 nitrogen and oxygen atoms in total. The predicted octanol–water partition coefficient (Wildman–Crippen LogP) is 4.23. The maximum atomic E-state index is 13.3. The first-order valence-corrected chi connectivity index (χ1v) is 10.3. The third-order valence-corrected chi connectivity index (χ3v) is 5.59. The van der Waals surface area contributed by atoms with Crippen LogP contribution in [0.3, 0.4) is 0 Å². The van der Waals surface area contributed by atoms with Crippen LogP contribution in [0.1, 0.15) is 30.9 Å². The van der Waals surface area contributed by atoms with Crippen LogP contribution >= 0.6 is 12.2 Å². The highest BCUT2D eigenvalue weighted by atomic mass is 32.1. The van der Waals surface area contributed by atoms with Crippen LogP contribution in [0.5, 0.6) is 0 Å². The Bertz CT molecular complexity index is 1280. The zero-order chi connectivity index (χ0) is 22.1. The number of carbonyl (C=O) groups excluding carboxylic acids is 2. The van der Waals surface area contributed by atoms with Gasteiger partial charge in [0.15, 0.2) is 5.11 Å². The molecule has 1 N–H and O–H groups in total. The summed E-state index contributed by atoms with van der Waals surface area (Å²) in [7, 11) is 0. The van der Waals surface area contributed by atoms with Gasteiger partial charge in [0.25, 0.3) is 11.8 Å². The Morgan fingerprint density at radius 1 is 1.13 bits per heavy atom. The summed E-state index contributed by atoms with van der Waals surface area (Å²) >= 11 is 5.30. The summed E-state index contributed by atoms with van der Waals surface area (Å²) in [6.07, 6.45) is 8.95. The fourth-order valence-corrected chi connectivity index (χ4v) is 3.96. The molecule has 3 aromatic rings. The van der Waals surface area contributed by atoms with Crippen LogP contribution in [-0.2, 0) is 16.1 Å². The van der Waals surface area contributed by atoms with Gasteiger partial charge in [0, 0.05) is 22.7 Å². The highest BCUT2D eigenvalue weighted by Gasteiger charge is 2.34. The molecule has 0 unspecified atom stereocenters. The molecule has 31 heavy (non-hydrogen) atoms. The van der Waals surface area contributed by atoms with E-state index in [1.54, 1.807) is 6.08 Å². The fraction of sp³-hybridized carbons (Fsp3) is 0.160. The first kappa shape index (κ1) is 20.6. The quantitative estimate of drug-likeness (QED) is 0.293. The minimum atomic E-state index is -0.515. The number of hydrogen-bond acceptors (Lipinski definition) is 3. The molecule has 4 rings (SSSR count). The average molecular weight is 428 g/mol. The molecule has 0 bridgehead atoms.